The third-order valence-electron chi connectivity index (χ3n) is 2.68. The Morgan fingerprint density at radius 2 is 1.85 bits per heavy atom. The van der Waals surface area contributed by atoms with Crippen LogP contribution in [0.1, 0.15) is 5.56 Å². The zero-order chi connectivity index (χ0) is 14.4. The maximum absolute atomic E-state index is 13.3. The lowest BCUT2D eigenvalue weighted by atomic mass is 10.2. The lowest BCUT2D eigenvalue weighted by Gasteiger charge is -2.08. The molecule has 5 heteroatoms. The molecule has 4 nitrogen and oxygen atoms in total. The van der Waals surface area contributed by atoms with Crippen molar-refractivity contribution in [2.75, 3.05) is 17.7 Å². The first-order valence-electron chi connectivity index (χ1n) is 6.12. The Kier molecular flexibility index (Phi) is 4.68. The largest absolute Gasteiger partial charge is 0.397 e. The molecule has 2 aromatic rings. The number of ether oxygens (including phenoxy) is 1. The van der Waals surface area contributed by atoms with Crippen molar-refractivity contribution < 1.29 is 13.9 Å². The van der Waals surface area contributed by atoms with Crippen LogP contribution in [-0.4, -0.2) is 12.5 Å². The summed E-state index contributed by atoms with van der Waals surface area (Å²) in [5.41, 5.74) is 7.14. The minimum Gasteiger partial charge on any atom is -0.397 e. The molecule has 0 saturated carbocycles. The summed E-state index contributed by atoms with van der Waals surface area (Å²) in [6.07, 6.45) is 0. The number of nitrogens with one attached hydrogen (secondary N) is 1. The molecule has 20 heavy (non-hydrogen) atoms. The molecule has 0 radical (unpaired) electrons. The van der Waals surface area contributed by atoms with Gasteiger partial charge in [0.25, 0.3) is 0 Å². The summed E-state index contributed by atoms with van der Waals surface area (Å²) < 4.78 is 18.5. The minimum atomic E-state index is -0.347. The molecule has 2 aromatic carbocycles. The highest BCUT2D eigenvalue weighted by Gasteiger charge is 2.06. The minimum absolute atomic E-state index is 0.0460. The van der Waals surface area contributed by atoms with E-state index in [1.54, 1.807) is 42.5 Å². The van der Waals surface area contributed by atoms with Crippen molar-refractivity contribution in [3.05, 3.63) is 59.9 Å². The number of anilines is 2. The van der Waals surface area contributed by atoms with Crippen LogP contribution in [-0.2, 0) is 16.1 Å². The van der Waals surface area contributed by atoms with Crippen molar-refractivity contribution in [2.45, 2.75) is 6.61 Å². The van der Waals surface area contributed by atoms with Crippen molar-refractivity contribution in [2.24, 2.45) is 0 Å². The van der Waals surface area contributed by atoms with Crippen molar-refractivity contribution in [1.29, 1.82) is 0 Å². The van der Waals surface area contributed by atoms with Gasteiger partial charge in [0.2, 0.25) is 5.91 Å². The quantitative estimate of drug-likeness (QED) is 0.824. The molecule has 2 rings (SSSR count). The van der Waals surface area contributed by atoms with Crippen molar-refractivity contribution in [3.63, 3.8) is 0 Å². The number of carbonyl (C=O) groups is 1. The monoisotopic (exact) mass is 274 g/mol. The van der Waals surface area contributed by atoms with Crippen molar-refractivity contribution in [3.8, 4) is 0 Å². The first kappa shape index (κ1) is 14.0. The normalized spacial score (nSPS) is 10.2. The van der Waals surface area contributed by atoms with E-state index >= 15 is 0 Å². The third-order valence-corrected chi connectivity index (χ3v) is 2.68. The van der Waals surface area contributed by atoms with E-state index < -0.39 is 0 Å². The van der Waals surface area contributed by atoms with Crippen molar-refractivity contribution >= 4 is 17.3 Å². The number of carbonyl (C=O) groups excluding carboxylic acids is 1. The molecule has 0 spiro atoms. The van der Waals surface area contributed by atoms with Crippen LogP contribution in [0.25, 0.3) is 0 Å². The van der Waals surface area contributed by atoms with Gasteiger partial charge in [-0.15, -0.1) is 0 Å². The summed E-state index contributed by atoms with van der Waals surface area (Å²) in [4.78, 5) is 11.7. The standard InChI is InChI=1S/C15H15FN2O2/c16-12-6-2-1-5-11(12)9-20-10-15(19)18-14-8-4-3-7-13(14)17/h1-8H,9-10,17H2,(H,18,19). The number of benzene rings is 2. The van der Waals surface area contributed by atoms with Gasteiger partial charge in [0.05, 0.1) is 18.0 Å². The number of nitrogens with two attached hydrogens (primary N) is 1. The highest BCUT2D eigenvalue weighted by Crippen LogP contribution is 2.16. The summed E-state index contributed by atoms with van der Waals surface area (Å²) in [6, 6.07) is 13.2. The fourth-order valence-electron chi connectivity index (χ4n) is 1.67. The maximum Gasteiger partial charge on any atom is 0.250 e. The number of amides is 1. The predicted molar refractivity (Wildman–Crippen MR) is 75.5 cm³/mol. The van der Waals surface area contributed by atoms with Crippen LogP contribution >= 0.6 is 0 Å². The molecule has 0 aliphatic carbocycles. The zero-order valence-electron chi connectivity index (χ0n) is 10.8. The Hall–Kier alpha value is -2.40. The van der Waals surface area contributed by atoms with Crippen LogP contribution in [0.4, 0.5) is 15.8 Å². The molecule has 0 aromatic heterocycles. The second-order valence-electron chi connectivity index (χ2n) is 4.22. The van der Waals surface area contributed by atoms with Crippen molar-refractivity contribution in [1.82, 2.24) is 0 Å². The summed E-state index contributed by atoms with van der Waals surface area (Å²) in [7, 11) is 0. The van der Waals surface area contributed by atoms with E-state index in [4.69, 9.17) is 10.5 Å². The van der Waals surface area contributed by atoms with Crippen LogP contribution in [0.2, 0.25) is 0 Å². The van der Waals surface area contributed by atoms with E-state index in [0.29, 0.717) is 16.9 Å². The lowest BCUT2D eigenvalue weighted by molar-refractivity contribution is -0.121. The molecular weight excluding hydrogens is 259 g/mol. The van der Waals surface area contributed by atoms with Gasteiger partial charge in [0, 0.05) is 5.56 Å². The van der Waals surface area contributed by atoms with Crippen LogP contribution in [0.5, 0.6) is 0 Å². The predicted octanol–water partition coefficient (Wildman–Crippen LogP) is 2.56. The number of hydrogen-bond donors (Lipinski definition) is 2. The average molecular weight is 274 g/mol. The second-order valence-corrected chi connectivity index (χ2v) is 4.22. The number of hydrogen-bond acceptors (Lipinski definition) is 3. The Morgan fingerprint density at radius 1 is 1.15 bits per heavy atom. The topological polar surface area (TPSA) is 64.3 Å². The van der Waals surface area contributed by atoms with E-state index in [1.165, 1.54) is 6.07 Å². The SMILES string of the molecule is Nc1ccccc1NC(=O)COCc1ccccc1F. The third kappa shape index (κ3) is 3.80. The molecule has 0 fully saturated rings. The highest BCUT2D eigenvalue weighted by molar-refractivity contribution is 5.94. The van der Waals surface area contributed by atoms with Crippen LogP contribution in [0.3, 0.4) is 0 Å². The molecule has 1 amide bonds. The maximum atomic E-state index is 13.3. The van der Waals surface area contributed by atoms with Crippen LogP contribution in [0, 0.1) is 5.82 Å². The Labute approximate surface area is 116 Å². The first-order chi connectivity index (χ1) is 9.66. The molecule has 0 unspecified atom stereocenters. The van der Waals surface area contributed by atoms with E-state index in [1.807, 2.05) is 0 Å². The molecule has 0 bridgehead atoms. The number of halogens is 1. The van der Waals surface area contributed by atoms with Gasteiger partial charge in [-0.05, 0) is 18.2 Å². The highest BCUT2D eigenvalue weighted by atomic mass is 19.1. The van der Waals surface area contributed by atoms with Gasteiger partial charge in [0.1, 0.15) is 12.4 Å². The fraction of sp³-hybridized carbons (Fsp3) is 0.133. The van der Waals surface area contributed by atoms with Gasteiger partial charge >= 0.3 is 0 Å². The van der Waals surface area contributed by atoms with Gasteiger partial charge < -0.3 is 15.8 Å². The van der Waals surface area contributed by atoms with E-state index in [0.717, 1.165) is 0 Å². The summed E-state index contributed by atoms with van der Waals surface area (Å²) in [6.45, 7) is -0.118. The number of para-hydroxylation sites is 2. The summed E-state index contributed by atoms with van der Waals surface area (Å²) >= 11 is 0. The molecule has 0 saturated heterocycles. The van der Waals surface area contributed by atoms with Gasteiger partial charge in [0.15, 0.2) is 0 Å². The first-order valence-corrected chi connectivity index (χ1v) is 6.12. The molecular formula is C15H15FN2O2. The lowest BCUT2D eigenvalue weighted by Crippen LogP contribution is -2.19. The van der Waals surface area contributed by atoms with Crippen LogP contribution in [0.15, 0.2) is 48.5 Å². The Bertz CT molecular complexity index is 602. The fourth-order valence-corrected chi connectivity index (χ4v) is 1.67. The molecule has 0 atom stereocenters. The van der Waals surface area contributed by atoms with E-state index in [-0.39, 0.29) is 24.9 Å². The summed E-state index contributed by atoms with van der Waals surface area (Å²) in [5, 5.41) is 2.63. The van der Waals surface area contributed by atoms with Gasteiger partial charge in [-0.3, -0.25) is 4.79 Å². The Morgan fingerprint density at radius 3 is 2.60 bits per heavy atom. The molecule has 0 heterocycles. The average Bonchev–Trinajstić information content (AvgIpc) is 2.43. The number of rotatable bonds is 5. The number of nitrogen functional groups attached to an aromatic ring is 1. The smallest absolute Gasteiger partial charge is 0.250 e. The van der Waals surface area contributed by atoms with E-state index in [9.17, 15) is 9.18 Å². The molecule has 104 valence electrons. The molecule has 0 aliphatic rings. The second kappa shape index (κ2) is 6.68. The summed E-state index contributed by atoms with van der Waals surface area (Å²) in [5.74, 6) is -0.681. The van der Waals surface area contributed by atoms with Crippen LogP contribution < -0.4 is 11.1 Å². The van der Waals surface area contributed by atoms with Gasteiger partial charge in [-0.1, -0.05) is 30.3 Å². The van der Waals surface area contributed by atoms with E-state index in [2.05, 4.69) is 5.32 Å². The van der Waals surface area contributed by atoms with Gasteiger partial charge in [-0.2, -0.15) is 0 Å². The Balaban J connectivity index is 1.82. The zero-order valence-corrected chi connectivity index (χ0v) is 10.8. The molecule has 0 aliphatic heterocycles. The van der Waals surface area contributed by atoms with Gasteiger partial charge in [-0.25, -0.2) is 4.39 Å². The molecule has 3 N–H and O–H groups in total.